The summed E-state index contributed by atoms with van der Waals surface area (Å²) in [5, 5.41) is 10.2. The summed E-state index contributed by atoms with van der Waals surface area (Å²) >= 11 is 0. The maximum Gasteiger partial charge on any atom is 0.416 e. The first-order valence-corrected chi connectivity index (χ1v) is 7.21. The van der Waals surface area contributed by atoms with E-state index in [1.54, 1.807) is 0 Å². The second kappa shape index (κ2) is 6.18. The van der Waals surface area contributed by atoms with Crippen molar-refractivity contribution in [3.05, 3.63) is 34.9 Å². The Balaban J connectivity index is 2.19. The van der Waals surface area contributed by atoms with E-state index in [4.69, 9.17) is 0 Å². The normalized spacial score (nSPS) is 18.5. The van der Waals surface area contributed by atoms with Crippen molar-refractivity contribution in [2.45, 2.75) is 51.3 Å². The fourth-order valence-electron chi connectivity index (χ4n) is 2.94. The Labute approximate surface area is 122 Å². The van der Waals surface area contributed by atoms with E-state index in [1.807, 2.05) is 0 Å². The van der Waals surface area contributed by atoms with E-state index in [0.29, 0.717) is 0 Å². The number of halogens is 3. The smallest absolute Gasteiger partial charge is 0.385 e. The molecule has 0 spiro atoms. The van der Waals surface area contributed by atoms with Crippen LogP contribution in [0, 0.1) is 12.8 Å². The summed E-state index contributed by atoms with van der Waals surface area (Å²) in [7, 11) is 0. The third kappa shape index (κ3) is 3.64. The van der Waals surface area contributed by atoms with Crippen molar-refractivity contribution in [1.29, 1.82) is 0 Å². The molecule has 1 saturated carbocycles. The molecule has 0 amide bonds. The lowest BCUT2D eigenvalue weighted by molar-refractivity contribution is -0.137. The second-order valence-corrected chi connectivity index (χ2v) is 5.73. The number of hydrogen-bond acceptors (Lipinski definition) is 2. The van der Waals surface area contributed by atoms with E-state index < -0.39 is 23.6 Å². The summed E-state index contributed by atoms with van der Waals surface area (Å²) in [6.45, 7) is 1.47. The van der Waals surface area contributed by atoms with Crippen molar-refractivity contribution in [3.8, 4) is 0 Å². The van der Waals surface area contributed by atoms with Crippen LogP contribution in [0.4, 0.5) is 13.2 Å². The molecule has 1 fully saturated rings. The van der Waals surface area contributed by atoms with Crippen LogP contribution in [0.3, 0.4) is 0 Å². The minimum atomic E-state index is -4.42. The lowest BCUT2D eigenvalue weighted by Crippen LogP contribution is -2.31. The van der Waals surface area contributed by atoms with Crippen molar-refractivity contribution in [2.24, 2.45) is 5.92 Å². The standard InChI is InChI=1S/C16H19F3O2/c1-10-9-12(16(17,18)19)7-8-13(10)15(21)14(20)11-5-3-2-4-6-11/h7-9,11,14,20H,2-6H2,1H3. The van der Waals surface area contributed by atoms with Gasteiger partial charge in [0.05, 0.1) is 5.56 Å². The van der Waals surface area contributed by atoms with E-state index >= 15 is 0 Å². The molecule has 0 aromatic heterocycles. The summed E-state index contributed by atoms with van der Waals surface area (Å²) in [6, 6.07) is 3.03. The van der Waals surface area contributed by atoms with Gasteiger partial charge in [-0.2, -0.15) is 13.2 Å². The van der Waals surface area contributed by atoms with Crippen LogP contribution in [0.5, 0.6) is 0 Å². The van der Waals surface area contributed by atoms with Crippen molar-refractivity contribution in [3.63, 3.8) is 0 Å². The fraction of sp³-hybridized carbons (Fsp3) is 0.562. The highest BCUT2D eigenvalue weighted by molar-refractivity contribution is 6.00. The molecule has 0 aliphatic heterocycles. The zero-order valence-corrected chi connectivity index (χ0v) is 11.9. The molecule has 0 radical (unpaired) electrons. The summed E-state index contributed by atoms with van der Waals surface area (Å²) in [5.41, 5.74) is -0.338. The quantitative estimate of drug-likeness (QED) is 0.852. The molecular formula is C16H19F3O2. The minimum Gasteiger partial charge on any atom is -0.385 e. The number of carbonyl (C=O) groups excluding carboxylic acids is 1. The molecule has 0 saturated heterocycles. The van der Waals surface area contributed by atoms with Crippen LogP contribution in [0.1, 0.15) is 53.6 Å². The molecule has 1 aliphatic carbocycles. The molecule has 5 heteroatoms. The van der Waals surface area contributed by atoms with Gasteiger partial charge in [0.2, 0.25) is 0 Å². The summed E-state index contributed by atoms with van der Waals surface area (Å²) in [4.78, 5) is 12.3. The number of benzene rings is 1. The summed E-state index contributed by atoms with van der Waals surface area (Å²) < 4.78 is 37.8. The molecule has 2 rings (SSSR count). The first-order chi connectivity index (χ1) is 9.80. The van der Waals surface area contributed by atoms with Gasteiger partial charge >= 0.3 is 6.18 Å². The number of ketones is 1. The number of hydrogen-bond donors (Lipinski definition) is 1. The topological polar surface area (TPSA) is 37.3 Å². The van der Waals surface area contributed by atoms with Crippen LogP contribution in [-0.2, 0) is 6.18 Å². The summed E-state index contributed by atoms with van der Waals surface area (Å²) in [5.74, 6) is -0.541. The number of aryl methyl sites for hydroxylation is 1. The number of aliphatic hydroxyl groups is 1. The van der Waals surface area contributed by atoms with E-state index in [-0.39, 0.29) is 17.0 Å². The molecule has 1 atom stereocenters. The van der Waals surface area contributed by atoms with Crippen molar-refractivity contribution in [1.82, 2.24) is 0 Å². The van der Waals surface area contributed by atoms with Gasteiger partial charge in [-0.3, -0.25) is 4.79 Å². The number of rotatable bonds is 3. The van der Waals surface area contributed by atoms with Crippen LogP contribution < -0.4 is 0 Å². The average molecular weight is 300 g/mol. The number of Topliss-reactive ketones (excluding diaryl/α,β-unsaturated/α-hetero) is 1. The lowest BCUT2D eigenvalue weighted by Gasteiger charge is -2.26. The molecule has 1 aliphatic rings. The second-order valence-electron chi connectivity index (χ2n) is 5.73. The van der Waals surface area contributed by atoms with Crippen LogP contribution in [0.2, 0.25) is 0 Å². The van der Waals surface area contributed by atoms with Crippen LogP contribution >= 0.6 is 0 Å². The Kier molecular flexibility index (Phi) is 4.71. The van der Waals surface area contributed by atoms with Gasteiger partial charge in [-0.15, -0.1) is 0 Å². The average Bonchev–Trinajstić information content (AvgIpc) is 2.45. The van der Waals surface area contributed by atoms with Gasteiger partial charge in [0.1, 0.15) is 6.10 Å². The Morgan fingerprint density at radius 1 is 1.24 bits per heavy atom. The SMILES string of the molecule is Cc1cc(C(F)(F)F)ccc1C(=O)C(O)C1CCCCC1. The fourth-order valence-corrected chi connectivity index (χ4v) is 2.94. The first-order valence-electron chi connectivity index (χ1n) is 7.21. The Bertz CT molecular complexity index is 517. The molecular weight excluding hydrogens is 281 g/mol. The van der Waals surface area contributed by atoms with Crippen molar-refractivity contribution < 1.29 is 23.1 Å². The van der Waals surface area contributed by atoms with Crippen LogP contribution in [0.15, 0.2) is 18.2 Å². The van der Waals surface area contributed by atoms with Crippen LogP contribution in [-0.4, -0.2) is 17.0 Å². The van der Waals surface area contributed by atoms with Gasteiger partial charge in [-0.05, 0) is 43.4 Å². The van der Waals surface area contributed by atoms with Gasteiger partial charge in [0.25, 0.3) is 0 Å². The van der Waals surface area contributed by atoms with Gasteiger partial charge in [0, 0.05) is 5.56 Å². The highest BCUT2D eigenvalue weighted by Crippen LogP contribution is 2.32. The number of carbonyl (C=O) groups is 1. The maximum absolute atomic E-state index is 12.6. The van der Waals surface area contributed by atoms with E-state index in [0.717, 1.165) is 44.2 Å². The third-order valence-electron chi connectivity index (χ3n) is 4.18. The van der Waals surface area contributed by atoms with Gasteiger partial charge in [-0.1, -0.05) is 25.3 Å². The molecule has 1 N–H and O–H groups in total. The Hall–Kier alpha value is -1.36. The van der Waals surface area contributed by atoms with Crippen molar-refractivity contribution in [2.75, 3.05) is 0 Å². The molecule has 0 bridgehead atoms. The van der Waals surface area contributed by atoms with E-state index in [2.05, 4.69) is 0 Å². The van der Waals surface area contributed by atoms with Gasteiger partial charge in [0.15, 0.2) is 5.78 Å². The van der Waals surface area contributed by atoms with Gasteiger partial charge < -0.3 is 5.11 Å². The predicted octanol–water partition coefficient (Wildman–Crippen LogP) is 4.14. The first kappa shape index (κ1) is 16.0. The summed E-state index contributed by atoms with van der Waals surface area (Å²) in [6.07, 6.45) is -0.854. The molecule has 2 nitrogen and oxygen atoms in total. The molecule has 1 unspecified atom stereocenters. The predicted molar refractivity (Wildman–Crippen MR) is 73.1 cm³/mol. The zero-order chi connectivity index (χ0) is 15.6. The van der Waals surface area contributed by atoms with Crippen LogP contribution in [0.25, 0.3) is 0 Å². The van der Waals surface area contributed by atoms with E-state index in [1.165, 1.54) is 13.0 Å². The lowest BCUT2D eigenvalue weighted by atomic mass is 9.82. The Morgan fingerprint density at radius 3 is 2.38 bits per heavy atom. The third-order valence-corrected chi connectivity index (χ3v) is 4.18. The number of aliphatic hydroxyl groups excluding tert-OH is 1. The maximum atomic E-state index is 12.6. The number of alkyl halides is 3. The highest BCUT2D eigenvalue weighted by atomic mass is 19.4. The Morgan fingerprint density at radius 2 is 1.86 bits per heavy atom. The largest absolute Gasteiger partial charge is 0.416 e. The monoisotopic (exact) mass is 300 g/mol. The molecule has 21 heavy (non-hydrogen) atoms. The van der Waals surface area contributed by atoms with Gasteiger partial charge in [-0.25, -0.2) is 0 Å². The zero-order valence-electron chi connectivity index (χ0n) is 11.9. The highest BCUT2D eigenvalue weighted by Gasteiger charge is 2.33. The van der Waals surface area contributed by atoms with Crippen molar-refractivity contribution >= 4 is 5.78 Å². The van der Waals surface area contributed by atoms with E-state index in [9.17, 15) is 23.1 Å². The molecule has 1 aromatic rings. The molecule has 1 aromatic carbocycles. The minimum absolute atomic E-state index is 0.0760. The molecule has 116 valence electrons. The molecule has 0 heterocycles.